The molecule has 0 aliphatic heterocycles. The van der Waals surface area contributed by atoms with Crippen molar-refractivity contribution in [3.63, 3.8) is 0 Å². The molecule has 2 rings (SSSR count). The number of hydrogen-bond donors (Lipinski definition) is 1. The normalized spacial score (nSPS) is 20.4. The molecule has 0 aromatic heterocycles. The highest BCUT2D eigenvalue weighted by Crippen LogP contribution is 2.29. The topological polar surface area (TPSA) is 12.0 Å². The van der Waals surface area contributed by atoms with E-state index >= 15 is 0 Å². The van der Waals surface area contributed by atoms with E-state index in [4.69, 9.17) is 0 Å². The number of benzene rings is 1. The lowest BCUT2D eigenvalue weighted by Gasteiger charge is -2.26. The average Bonchev–Trinajstić information content (AvgIpc) is 2.90. The molecule has 1 aliphatic rings. The molecule has 0 spiro atoms. The van der Waals surface area contributed by atoms with E-state index in [1.165, 1.54) is 37.7 Å². The van der Waals surface area contributed by atoms with Crippen LogP contribution >= 0.6 is 0 Å². The van der Waals surface area contributed by atoms with Crippen molar-refractivity contribution in [3.05, 3.63) is 35.9 Å². The van der Waals surface area contributed by atoms with Crippen LogP contribution in [-0.4, -0.2) is 6.04 Å². The molecule has 17 heavy (non-hydrogen) atoms. The van der Waals surface area contributed by atoms with Gasteiger partial charge in [0.15, 0.2) is 0 Å². The molecule has 0 bridgehead atoms. The van der Waals surface area contributed by atoms with Crippen LogP contribution in [0.2, 0.25) is 0 Å². The predicted molar refractivity (Wildman–Crippen MR) is 74.0 cm³/mol. The number of hydrogen-bond acceptors (Lipinski definition) is 1. The summed E-state index contributed by atoms with van der Waals surface area (Å²) >= 11 is 0. The van der Waals surface area contributed by atoms with Crippen molar-refractivity contribution < 1.29 is 0 Å². The van der Waals surface area contributed by atoms with Crippen LogP contribution < -0.4 is 5.32 Å². The minimum Gasteiger partial charge on any atom is -0.307 e. The van der Waals surface area contributed by atoms with Crippen LogP contribution in [0.3, 0.4) is 0 Å². The molecule has 0 heterocycles. The Balaban J connectivity index is 1.95. The Morgan fingerprint density at radius 3 is 2.41 bits per heavy atom. The highest BCUT2D eigenvalue weighted by molar-refractivity contribution is 5.18. The maximum Gasteiger partial charge on any atom is 0.0320 e. The molecule has 1 saturated carbocycles. The van der Waals surface area contributed by atoms with Crippen molar-refractivity contribution in [2.45, 2.75) is 58.0 Å². The van der Waals surface area contributed by atoms with Crippen LogP contribution in [0.15, 0.2) is 30.3 Å². The summed E-state index contributed by atoms with van der Waals surface area (Å²) in [7, 11) is 0. The van der Waals surface area contributed by atoms with Crippen molar-refractivity contribution in [2.75, 3.05) is 0 Å². The standard InChI is InChI=1S/C16H25N/c1-3-16(15-11-5-4-6-12-15)17-13(2)14-9-7-8-10-14/h4-6,11-14,16-17H,3,7-10H2,1-2H3. The minimum atomic E-state index is 0.520. The zero-order valence-electron chi connectivity index (χ0n) is 11.2. The lowest BCUT2D eigenvalue weighted by molar-refractivity contribution is 0.339. The molecule has 1 aromatic carbocycles. The summed E-state index contributed by atoms with van der Waals surface area (Å²) in [5.41, 5.74) is 1.43. The van der Waals surface area contributed by atoms with Gasteiger partial charge >= 0.3 is 0 Å². The van der Waals surface area contributed by atoms with Gasteiger partial charge in [0, 0.05) is 12.1 Å². The van der Waals surface area contributed by atoms with Gasteiger partial charge in [0.2, 0.25) is 0 Å². The van der Waals surface area contributed by atoms with E-state index in [1.807, 2.05) is 0 Å². The van der Waals surface area contributed by atoms with Gasteiger partial charge in [-0.05, 0) is 37.7 Å². The van der Waals surface area contributed by atoms with Crippen molar-refractivity contribution >= 4 is 0 Å². The maximum atomic E-state index is 3.82. The second-order valence-electron chi connectivity index (χ2n) is 5.37. The van der Waals surface area contributed by atoms with Crippen LogP contribution in [-0.2, 0) is 0 Å². The quantitative estimate of drug-likeness (QED) is 0.796. The van der Waals surface area contributed by atoms with Gasteiger partial charge in [-0.25, -0.2) is 0 Å². The first-order chi connectivity index (χ1) is 8.31. The largest absolute Gasteiger partial charge is 0.307 e. The third-order valence-corrected chi connectivity index (χ3v) is 4.18. The van der Waals surface area contributed by atoms with Crippen molar-refractivity contribution in [3.8, 4) is 0 Å². The van der Waals surface area contributed by atoms with Gasteiger partial charge in [-0.15, -0.1) is 0 Å². The summed E-state index contributed by atoms with van der Waals surface area (Å²) < 4.78 is 0. The van der Waals surface area contributed by atoms with Gasteiger partial charge in [0.05, 0.1) is 0 Å². The molecule has 0 radical (unpaired) electrons. The molecule has 1 nitrogen and oxygen atoms in total. The Labute approximate surface area is 106 Å². The van der Waals surface area contributed by atoms with Gasteiger partial charge in [-0.1, -0.05) is 50.1 Å². The molecule has 1 N–H and O–H groups in total. The van der Waals surface area contributed by atoms with E-state index in [0.717, 1.165) is 5.92 Å². The Hall–Kier alpha value is -0.820. The van der Waals surface area contributed by atoms with E-state index in [1.54, 1.807) is 0 Å². The molecule has 0 amide bonds. The van der Waals surface area contributed by atoms with Crippen LogP contribution in [0.5, 0.6) is 0 Å². The fraction of sp³-hybridized carbons (Fsp3) is 0.625. The monoisotopic (exact) mass is 231 g/mol. The average molecular weight is 231 g/mol. The Morgan fingerprint density at radius 1 is 1.18 bits per heavy atom. The lowest BCUT2D eigenvalue weighted by atomic mass is 9.96. The van der Waals surface area contributed by atoms with Crippen LogP contribution in [0, 0.1) is 5.92 Å². The van der Waals surface area contributed by atoms with E-state index in [9.17, 15) is 0 Å². The summed E-state index contributed by atoms with van der Waals surface area (Å²) in [5, 5.41) is 3.82. The highest BCUT2D eigenvalue weighted by atomic mass is 14.9. The molecule has 1 aliphatic carbocycles. The summed E-state index contributed by atoms with van der Waals surface area (Å²) in [4.78, 5) is 0. The lowest BCUT2D eigenvalue weighted by Crippen LogP contribution is -2.35. The van der Waals surface area contributed by atoms with Crippen LogP contribution in [0.1, 0.15) is 57.6 Å². The summed E-state index contributed by atoms with van der Waals surface area (Å²) in [5.74, 6) is 0.896. The molecular formula is C16H25N. The number of rotatable bonds is 5. The summed E-state index contributed by atoms with van der Waals surface area (Å²) in [6, 6.07) is 12.0. The molecule has 94 valence electrons. The summed E-state index contributed by atoms with van der Waals surface area (Å²) in [6.45, 7) is 4.63. The fourth-order valence-electron chi connectivity index (χ4n) is 3.05. The van der Waals surface area contributed by atoms with E-state index in [0.29, 0.717) is 12.1 Å². The van der Waals surface area contributed by atoms with E-state index in [2.05, 4.69) is 49.5 Å². The third kappa shape index (κ3) is 3.32. The Morgan fingerprint density at radius 2 is 1.82 bits per heavy atom. The van der Waals surface area contributed by atoms with Gasteiger partial charge < -0.3 is 5.32 Å². The molecule has 2 atom stereocenters. The van der Waals surface area contributed by atoms with Gasteiger partial charge in [-0.3, -0.25) is 0 Å². The zero-order valence-corrected chi connectivity index (χ0v) is 11.2. The fourth-order valence-corrected chi connectivity index (χ4v) is 3.05. The van der Waals surface area contributed by atoms with E-state index < -0.39 is 0 Å². The predicted octanol–water partition coefficient (Wildman–Crippen LogP) is 4.31. The highest BCUT2D eigenvalue weighted by Gasteiger charge is 2.23. The SMILES string of the molecule is CCC(NC(C)C1CCCC1)c1ccccc1. The zero-order chi connectivity index (χ0) is 12.1. The first-order valence-electron chi connectivity index (χ1n) is 7.12. The Kier molecular flexibility index (Phi) is 4.61. The first-order valence-corrected chi connectivity index (χ1v) is 7.12. The maximum absolute atomic E-state index is 3.82. The Bertz CT molecular complexity index is 314. The van der Waals surface area contributed by atoms with Gasteiger partial charge in [0.25, 0.3) is 0 Å². The van der Waals surface area contributed by atoms with Crippen LogP contribution in [0.4, 0.5) is 0 Å². The second kappa shape index (κ2) is 6.20. The van der Waals surface area contributed by atoms with Crippen molar-refractivity contribution in [1.29, 1.82) is 0 Å². The molecule has 1 heteroatoms. The molecular weight excluding hydrogens is 206 g/mol. The van der Waals surface area contributed by atoms with Crippen molar-refractivity contribution in [1.82, 2.24) is 5.32 Å². The van der Waals surface area contributed by atoms with Crippen LogP contribution in [0.25, 0.3) is 0 Å². The smallest absolute Gasteiger partial charge is 0.0320 e. The van der Waals surface area contributed by atoms with Crippen molar-refractivity contribution in [2.24, 2.45) is 5.92 Å². The molecule has 1 fully saturated rings. The summed E-state index contributed by atoms with van der Waals surface area (Å²) in [6.07, 6.45) is 6.86. The molecule has 2 unspecified atom stereocenters. The third-order valence-electron chi connectivity index (χ3n) is 4.18. The molecule has 0 saturated heterocycles. The number of nitrogens with one attached hydrogen (secondary N) is 1. The second-order valence-corrected chi connectivity index (χ2v) is 5.37. The van der Waals surface area contributed by atoms with Gasteiger partial charge in [0.1, 0.15) is 0 Å². The van der Waals surface area contributed by atoms with Gasteiger partial charge in [-0.2, -0.15) is 0 Å². The first kappa shape index (κ1) is 12.6. The minimum absolute atomic E-state index is 0.520. The van der Waals surface area contributed by atoms with E-state index in [-0.39, 0.29) is 0 Å². The molecule has 1 aromatic rings.